The molecule has 27 heavy (non-hydrogen) atoms. The normalized spacial score (nSPS) is 15.0. The summed E-state index contributed by atoms with van der Waals surface area (Å²) in [6, 6.07) is 6.53. The summed E-state index contributed by atoms with van der Waals surface area (Å²) in [5, 5.41) is 2.60. The van der Waals surface area contributed by atoms with E-state index in [1.54, 1.807) is 29.2 Å². The third-order valence-electron chi connectivity index (χ3n) is 3.92. The average molecular weight is 374 g/mol. The SMILES string of the molecule is C=CC(=O)Nc1cccc(C(=O)OC2CCN(C(=O)OC(C)(C)C)CC2)c1. The van der Waals surface area contributed by atoms with Crippen LogP contribution < -0.4 is 5.32 Å². The molecule has 0 unspecified atom stereocenters. The van der Waals surface area contributed by atoms with Crippen LogP contribution in [0.25, 0.3) is 0 Å². The predicted molar refractivity (Wildman–Crippen MR) is 102 cm³/mol. The van der Waals surface area contributed by atoms with Crippen LogP contribution in [0.5, 0.6) is 0 Å². The fourth-order valence-electron chi connectivity index (χ4n) is 2.62. The van der Waals surface area contributed by atoms with E-state index in [4.69, 9.17) is 9.47 Å². The number of nitrogens with zero attached hydrogens (tertiary/aromatic N) is 1. The molecule has 1 saturated heterocycles. The Hall–Kier alpha value is -2.83. The van der Waals surface area contributed by atoms with Gasteiger partial charge in [-0.1, -0.05) is 12.6 Å². The molecule has 0 radical (unpaired) electrons. The van der Waals surface area contributed by atoms with Crippen LogP contribution in [-0.4, -0.2) is 47.7 Å². The summed E-state index contributed by atoms with van der Waals surface area (Å²) >= 11 is 0. The first kappa shape index (κ1) is 20.5. The molecular formula is C20H26N2O5. The lowest BCUT2D eigenvalue weighted by atomic mass is 10.1. The fourth-order valence-corrected chi connectivity index (χ4v) is 2.62. The number of ether oxygens (including phenoxy) is 2. The maximum Gasteiger partial charge on any atom is 0.410 e. The number of carbonyl (C=O) groups is 3. The van der Waals surface area contributed by atoms with Crippen LogP contribution in [0.1, 0.15) is 44.0 Å². The predicted octanol–water partition coefficient (Wildman–Crippen LogP) is 3.37. The molecule has 7 nitrogen and oxygen atoms in total. The summed E-state index contributed by atoms with van der Waals surface area (Å²) in [6.07, 6.45) is 1.65. The van der Waals surface area contributed by atoms with E-state index in [0.717, 1.165) is 6.08 Å². The molecule has 0 saturated carbocycles. The molecule has 1 aliphatic rings. The number of piperidine rings is 1. The van der Waals surface area contributed by atoms with Crippen LogP contribution in [0.2, 0.25) is 0 Å². The van der Waals surface area contributed by atoms with Crippen molar-refractivity contribution in [2.24, 2.45) is 0 Å². The highest BCUT2D eigenvalue weighted by Gasteiger charge is 2.28. The van der Waals surface area contributed by atoms with Crippen molar-refractivity contribution in [3.8, 4) is 0 Å². The van der Waals surface area contributed by atoms with Crippen molar-refractivity contribution in [2.45, 2.75) is 45.3 Å². The number of rotatable bonds is 4. The third-order valence-corrected chi connectivity index (χ3v) is 3.92. The van der Waals surface area contributed by atoms with Gasteiger partial charge < -0.3 is 19.7 Å². The van der Waals surface area contributed by atoms with E-state index in [9.17, 15) is 14.4 Å². The largest absolute Gasteiger partial charge is 0.459 e. The number of carbonyl (C=O) groups excluding carboxylic acids is 3. The fraction of sp³-hybridized carbons (Fsp3) is 0.450. The molecule has 0 atom stereocenters. The van der Waals surface area contributed by atoms with Gasteiger partial charge in [0.05, 0.1) is 5.56 Å². The lowest BCUT2D eigenvalue weighted by molar-refractivity contribution is -0.111. The number of hydrogen-bond donors (Lipinski definition) is 1. The lowest BCUT2D eigenvalue weighted by Crippen LogP contribution is -2.43. The number of likely N-dealkylation sites (tertiary alicyclic amines) is 1. The van der Waals surface area contributed by atoms with Crippen molar-refractivity contribution >= 4 is 23.7 Å². The van der Waals surface area contributed by atoms with Gasteiger partial charge in [-0.3, -0.25) is 4.79 Å². The summed E-state index contributed by atoms with van der Waals surface area (Å²) in [5.74, 6) is -0.810. The first-order valence-electron chi connectivity index (χ1n) is 8.90. The zero-order valence-electron chi connectivity index (χ0n) is 16.0. The summed E-state index contributed by atoms with van der Waals surface area (Å²) in [4.78, 5) is 37.4. The van der Waals surface area contributed by atoms with Crippen LogP contribution >= 0.6 is 0 Å². The summed E-state index contributed by atoms with van der Waals surface area (Å²) in [5.41, 5.74) is 0.312. The van der Waals surface area contributed by atoms with Crippen LogP contribution in [0.4, 0.5) is 10.5 Å². The molecule has 1 aromatic carbocycles. The van der Waals surface area contributed by atoms with Gasteiger partial charge in [-0.25, -0.2) is 9.59 Å². The van der Waals surface area contributed by atoms with E-state index in [-0.39, 0.29) is 18.1 Å². The van der Waals surface area contributed by atoms with Crippen LogP contribution in [-0.2, 0) is 14.3 Å². The van der Waals surface area contributed by atoms with Crippen molar-refractivity contribution in [1.29, 1.82) is 0 Å². The van der Waals surface area contributed by atoms with Gasteiger partial charge in [0.1, 0.15) is 11.7 Å². The van der Waals surface area contributed by atoms with Crippen molar-refractivity contribution < 1.29 is 23.9 Å². The summed E-state index contributed by atoms with van der Waals surface area (Å²) < 4.78 is 10.9. The maximum atomic E-state index is 12.4. The summed E-state index contributed by atoms with van der Waals surface area (Å²) in [7, 11) is 0. The Balaban J connectivity index is 1.87. The molecular weight excluding hydrogens is 348 g/mol. The van der Waals surface area contributed by atoms with E-state index in [1.807, 2.05) is 20.8 Å². The van der Waals surface area contributed by atoms with Crippen molar-refractivity contribution in [3.05, 3.63) is 42.5 Å². The second-order valence-electron chi connectivity index (χ2n) is 7.35. The Bertz CT molecular complexity index is 715. The van der Waals surface area contributed by atoms with Gasteiger partial charge in [-0.15, -0.1) is 0 Å². The highest BCUT2D eigenvalue weighted by atomic mass is 16.6. The van der Waals surface area contributed by atoms with Crippen molar-refractivity contribution in [3.63, 3.8) is 0 Å². The van der Waals surface area contributed by atoms with E-state index in [2.05, 4.69) is 11.9 Å². The van der Waals surface area contributed by atoms with Crippen LogP contribution in [0.15, 0.2) is 36.9 Å². The molecule has 0 aromatic heterocycles. The van der Waals surface area contributed by atoms with Gasteiger partial charge in [-0.2, -0.15) is 0 Å². The number of amides is 2. The number of nitrogens with one attached hydrogen (secondary N) is 1. The molecule has 1 N–H and O–H groups in total. The van der Waals surface area contributed by atoms with Crippen LogP contribution in [0, 0.1) is 0 Å². The molecule has 0 bridgehead atoms. The Morgan fingerprint density at radius 1 is 1.22 bits per heavy atom. The zero-order chi connectivity index (χ0) is 20.0. The van der Waals surface area contributed by atoms with Gasteiger partial charge in [0.25, 0.3) is 0 Å². The Kier molecular flexibility index (Phi) is 6.60. The van der Waals surface area contributed by atoms with Gasteiger partial charge in [0.15, 0.2) is 0 Å². The van der Waals surface area contributed by atoms with E-state index in [1.165, 1.54) is 0 Å². The second-order valence-corrected chi connectivity index (χ2v) is 7.35. The minimum atomic E-state index is -0.535. The van der Waals surface area contributed by atoms with Crippen molar-refractivity contribution in [2.75, 3.05) is 18.4 Å². The third kappa shape index (κ3) is 6.44. The van der Waals surface area contributed by atoms with Gasteiger partial charge in [-0.05, 0) is 45.0 Å². The molecule has 2 rings (SSSR count). The Morgan fingerprint density at radius 2 is 1.89 bits per heavy atom. The maximum absolute atomic E-state index is 12.4. The Morgan fingerprint density at radius 3 is 2.48 bits per heavy atom. The summed E-state index contributed by atoms with van der Waals surface area (Å²) in [6.45, 7) is 9.81. The Labute approximate surface area is 159 Å². The standard InChI is InChI=1S/C20H26N2O5/c1-5-17(23)21-15-8-6-7-14(13-15)18(24)26-16-9-11-22(12-10-16)19(25)27-20(2,3)4/h5-8,13,16H,1,9-12H2,2-4H3,(H,21,23). The molecule has 1 aliphatic heterocycles. The number of anilines is 1. The molecule has 7 heteroatoms. The quantitative estimate of drug-likeness (QED) is 0.645. The number of esters is 1. The van der Waals surface area contributed by atoms with Crippen LogP contribution in [0.3, 0.4) is 0 Å². The van der Waals surface area contributed by atoms with Gasteiger partial charge >= 0.3 is 12.1 Å². The number of hydrogen-bond acceptors (Lipinski definition) is 5. The molecule has 146 valence electrons. The number of benzene rings is 1. The van der Waals surface area contributed by atoms with E-state index in [0.29, 0.717) is 37.2 Å². The van der Waals surface area contributed by atoms with E-state index < -0.39 is 11.6 Å². The van der Waals surface area contributed by atoms with Gasteiger partial charge in [0, 0.05) is 31.6 Å². The second kappa shape index (κ2) is 8.70. The first-order chi connectivity index (χ1) is 12.7. The lowest BCUT2D eigenvalue weighted by Gasteiger charge is -2.33. The molecule has 0 aliphatic carbocycles. The van der Waals surface area contributed by atoms with Gasteiger partial charge in [0.2, 0.25) is 5.91 Å². The highest BCUT2D eigenvalue weighted by Crippen LogP contribution is 2.19. The molecule has 1 aromatic rings. The first-order valence-corrected chi connectivity index (χ1v) is 8.90. The van der Waals surface area contributed by atoms with E-state index >= 15 is 0 Å². The molecule has 1 heterocycles. The zero-order valence-corrected chi connectivity index (χ0v) is 16.0. The monoisotopic (exact) mass is 374 g/mol. The average Bonchev–Trinajstić information content (AvgIpc) is 2.61. The highest BCUT2D eigenvalue weighted by molar-refractivity contribution is 6.00. The smallest absolute Gasteiger partial charge is 0.410 e. The molecule has 2 amide bonds. The molecule has 1 fully saturated rings. The minimum Gasteiger partial charge on any atom is -0.459 e. The van der Waals surface area contributed by atoms with Crippen molar-refractivity contribution in [1.82, 2.24) is 4.90 Å². The molecule has 0 spiro atoms. The topological polar surface area (TPSA) is 84.9 Å². The minimum absolute atomic E-state index is 0.261.